The Kier molecular flexibility index (Phi) is 3.96. The first kappa shape index (κ1) is 18.0. The molecule has 1 aromatic rings. The lowest BCUT2D eigenvalue weighted by molar-refractivity contribution is -0.245. The maximum atomic E-state index is 12.3. The summed E-state index contributed by atoms with van der Waals surface area (Å²) in [4.78, 5) is 2.62. The van der Waals surface area contributed by atoms with E-state index in [-0.39, 0.29) is 17.1 Å². The van der Waals surface area contributed by atoms with Crippen LogP contribution in [0.5, 0.6) is 5.75 Å². The number of fused-ring (bicyclic) bond motifs is 1. The van der Waals surface area contributed by atoms with Crippen molar-refractivity contribution in [2.24, 2.45) is 5.92 Å². The van der Waals surface area contributed by atoms with Gasteiger partial charge < -0.3 is 14.6 Å². The summed E-state index contributed by atoms with van der Waals surface area (Å²) in [7, 11) is 1.72. The zero-order valence-corrected chi connectivity index (χ0v) is 17.0. The van der Waals surface area contributed by atoms with Crippen molar-refractivity contribution in [3.8, 4) is 5.75 Å². The summed E-state index contributed by atoms with van der Waals surface area (Å²) in [6.07, 6.45) is 6.68. The van der Waals surface area contributed by atoms with Crippen molar-refractivity contribution in [2.45, 2.75) is 75.0 Å². The third-order valence-electron chi connectivity index (χ3n) is 8.01. The summed E-state index contributed by atoms with van der Waals surface area (Å²) in [6.45, 7) is 7.07. The molecule has 27 heavy (non-hydrogen) atoms. The van der Waals surface area contributed by atoms with Crippen LogP contribution >= 0.6 is 0 Å². The molecule has 0 spiro atoms. The molecule has 0 radical (unpaired) electrons. The second-order valence-corrected chi connectivity index (χ2v) is 10.0. The Bertz CT molecular complexity index is 743. The van der Waals surface area contributed by atoms with Gasteiger partial charge in [0.05, 0.1) is 30.3 Å². The SMILES string of the molecule is COc1ccc2c(c1)[C@]13CCN(CC4CCC4)[C@H](C2)[C@]1(O)CC(C)(C)OC3. The largest absolute Gasteiger partial charge is 0.497 e. The van der Waals surface area contributed by atoms with Crippen molar-refractivity contribution >= 4 is 0 Å². The Labute approximate surface area is 162 Å². The van der Waals surface area contributed by atoms with Crippen molar-refractivity contribution in [3.63, 3.8) is 0 Å². The number of likely N-dealkylation sites (tertiary alicyclic amines) is 1. The fourth-order valence-electron chi connectivity index (χ4n) is 6.31. The molecule has 2 aliphatic carbocycles. The standard InChI is InChI=1S/C23H33NO3/c1-21(2)14-23(25)20-11-17-7-8-18(26-3)12-19(17)22(23,15-27-21)9-10-24(20)13-16-5-4-6-16/h7-8,12,16,20,25H,4-6,9-11,13-15H2,1-3H3/t20-,22-,23-/m1/s1. The molecule has 3 fully saturated rings. The fraction of sp³-hybridized carbons (Fsp3) is 0.739. The van der Waals surface area contributed by atoms with Crippen LogP contribution in [-0.4, -0.2) is 54.1 Å². The minimum absolute atomic E-state index is 0.191. The topological polar surface area (TPSA) is 41.9 Å². The molecule has 1 aromatic carbocycles. The van der Waals surface area contributed by atoms with Gasteiger partial charge in [-0.25, -0.2) is 0 Å². The van der Waals surface area contributed by atoms with Crippen molar-refractivity contribution in [3.05, 3.63) is 29.3 Å². The van der Waals surface area contributed by atoms with E-state index in [2.05, 4.69) is 36.9 Å². The molecule has 2 heterocycles. The van der Waals surface area contributed by atoms with E-state index >= 15 is 0 Å². The lowest BCUT2D eigenvalue weighted by Crippen LogP contribution is -2.76. The van der Waals surface area contributed by atoms with E-state index in [0.717, 1.165) is 37.6 Å². The third kappa shape index (κ3) is 2.53. The van der Waals surface area contributed by atoms with Crippen molar-refractivity contribution < 1.29 is 14.6 Å². The summed E-state index contributed by atoms with van der Waals surface area (Å²) in [6, 6.07) is 6.64. The van der Waals surface area contributed by atoms with Crippen LogP contribution in [-0.2, 0) is 16.6 Å². The molecular weight excluding hydrogens is 338 g/mol. The van der Waals surface area contributed by atoms with Crippen molar-refractivity contribution in [1.29, 1.82) is 0 Å². The van der Waals surface area contributed by atoms with Crippen LogP contribution in [0.1, 0.15) is 57.1 Å². The Morgan fingerprint density at radius 2 is 2.11 bits per heavy atom. The maximum absolute atomic E-state index is 12.3. The molecule has 4 heteroatoms. The molecule has 2 aliphatic heterocycles. The van der Waals surface area contributed by atoms with Gasteiger partial charge in [-0.1, -0.05) is 12.5 Å². The van der Waals surface area contributed by atoms with Gasteiger partial charge in [-0.3, -0.25) is 4.90 Å². The maximum Gasteiger partial charge on any atom is 0.119 e. The Morgan fingerprint density at radius 3 is 2.81 bits per heavy atom. The molecule has 148 valence electrons. The van der Waals surface area contributed by atoms with Gasteiger partial charge in [-0.15, -0.1) is 0 Å². The highest BCUT2D eigenvalue weighted by molar-refractivity contribution is 5.48. The molecule has 4 nitrogen and oxygen atoms in total. The molecule has 0 aromatic heterocycles. The normalized spacial score (nSPS) is 37.9. The van der Waals surface area contributed by atoms with Crippen LogP contribution < -0.4 is 4.74 Å². The van der Waals surface area contributed by atoms with E-state index in [4.69, 9.17) is 9.47 Å². The predicted octanol–water partition coefficient (Wildman–Crippen LogP) is 3.29. The van der Waals surface area contributed by atoms with Gasteiger partial charge in [0.1, 0.15) is 5.75 Å². The molecule has 3 atom stereocenters. The van der Waals surface area contributed by atoms with E-state index < -0.39 is 5.60 Å². The zero-order chi connectivity index (χ0) is 18.9. The zero-order valence-electron chi connectivity index (χ0n) is 17.0. The third-order valence-corrected chi connectivity index (χ3v) is 8.01. The van der Waals surface area contributed by atoms with Gasteiger partial charge in [-0.05, 0) is 75.3 Å². The van der Waals surface area contributed by atoms with E-state index in [1.807, 2.05) is 0 Å². The van der Waals surface area contributed by atoms with Gasteiger partial charge in [-0.2, -0.15) is 0 Å². The first-order valence-corrected chi connectivity index (χ1v) is 10.6. The van der Waals surface area contributed by atoms with Crippen LogP contribution in [0, 0.1) is 5.92 Å². The van der Waals surface area contributed by atoms with Crippen LogP contribution in [0.3, 0.4) is 0 Å². The van der Waals surface area contributed by atoms with Crippen LogP contribution in [0.4, 0.5) is 0 Å². The van der Waals surface area contributed by atoms with E-state index in [0.29, 0.717) is 13.0 Å². The number of rotatable bonds is 3. The van der Waals surface area contributed by atoms with E-state index in [1.165, 1.54) is 30.4 Å². The molecule has 2 bridgehead atoms. The van der Waals surface area contributed by atoms with Crippen LogP contribution in [0.2, 0.25) is 0 Å². The predicted molar refractivity (Wildman–Crippen MR) is 105 cm³/mol. The van der Waals surface area contributed by atoms with Crippen LogP contribution in [0.15, 0.2) is 18.2 Å². The quantitative estimate of drug-likeness (QED) is 0.885. The molecule has 4 aliphatic rings. The molecular formula is C23H33NO3. The van der Waals surface area contributed by atoms with Crippen LogP contribution in [0.25, 0.3) is 0 Å². The highest BCUT2D eigenvalue weighted by Crippen LogP contribution is 2.58. The Balaban J connectivity index is 1.61. The highest BCUT2D eigenvalue weighted by atomic mass is 16.5. The summed E-state index contributed by atoms with van der Waals surface area (Å²) < 4.78 is 11.9. The lowest BCUT2D eigenvalue weighted by Gasteiger charge is -2.66. The van der Waals surface area contributed by atoms with Gasteiger partial charge in [0.15, 0.2) is 0 Å². The van der Waals surface area contributed by atoms with Gasteiger partial charge >= 0.3 is 0 Å². The minimum Gasteiger partial charge on any atom is -0.497 e. The van der Waals surface area contributed by atoms with Gasteiger partial charge in [0, 0.05) is 19.0 Å². The fourth-order valence-corrected chi connectivity index (χ4v) is 6.31. The Hall–Kier alpha value is -1.10. The number of benzene rings is 1. The average molecular weight is 372 g/mol. The minimum atomic E-state index is -0.740. The van der Waals surface area contributed by atoms with Gasteiger partial charge in [0.25, 0.3) is 0 Å². The number of piperidine rings is 1. The number of nitrogens with zero attached hydrogens (tertiary/aromatic N) is 1. The Morgan fingerprint density at radius 1 is 1.30 bits per heavy atom. The number of hydrogen-bond donors (Lipinski definition) is 1. The summed E-state index contributed by atoms with van der Waals surface area (Å²) in [5, 5.41) is 12.3. The first-order valence-electron chi connectivity index (χ1n) is 10.6. The van der Waals surface area contributed by atoms with Crippen molar-refractivity contribution in [1.82, 2.24) is 4.90 Å². The lowest BCUT2D eigenvalue weighted by atomic mass is 9.51. The highest BCUT2D eigenvalue weighted by Gasteiger charge is 2.66. The summed E-state index contributed by atoms with van der Waals surface area (Å²) in [5.41, 5.74) is 1.29. The first-order chi connectivity index (χ1) is 12.9. The van der Waals surface area contributed by atoms with E-state index in [9.17, 15) is 5.11 Å². The van der Waals surface area contributed by atoms with Crippen molar-refractivity contribution in [2.75, 3.05) is 26.8 Å². The number of hydrogen-bond acceptors (Lipinski definition) is 4. The number of ether oxygens (including phenoxy) is 2. The summed E-state index contributed by atoms with van der Waals surface area (Å²) >= 11 is 0. The second kappa shape index (κ2) is 5.95. The molecule has 5 rings (SSSR count). The van der Waals surface area contributed by atoms with E-state index in [1.54, 1.807) is 7.11 Å². The number of aliphatic hydroxyl groups is 1. The molecule has 0 amide bonds. The summed E-state index contributed by atoms with van der Waals surface area (Å²) in [5.74, 6) is 1.71. The average Bonchev–Trinajstić information content (AvgIpc) is 2.58. The number of methoxy groups -OCH3 is 1. The molecule has 0 unspecified atom stereocenters. The molecule has 2 saturated heterocycles. The molecule has 1 N–H and O–H groups in total. The van der Waals surface area contributed by atoms with Gasteiger partial charge in [0.2, 0.25) is 0 Å². The molecule has 1 saturated carbocycles. The smallest absolute Gasteiger partial charge is 0.119 e. The monoisotopic (exact) mass is 371 g/mol. The second-order valence-electron chi connectivity index (χ2n) is 10.0.